The Morgan fingerprint density at radius 1 is 1.24 bits per heavy atom. The van der Waals surface area contributed by atoms with Crippen LogP contribution in [-0.2, 0) is 12.8 Å². The number of halogens is 1. The Labute approximate surface area is 130 Å². The minimum atomic E-state index is 0.164. The Kier molecular flexibility index (Phi) is 4.44. The van der Waals surface area contributed by atoms with E-state index in [0.717, 1.165) is 23.6 Å². The largest absolute Gasteiger partial charge is 0.493 e. The van der Waals surface area contributed by atoms with E-state index >= 15 is 0 Å². The maximum absolute atomic E-state index is 6.05. The molecular weight excluding hydrogens is 284 g/mol. The molecule has 0 saturated heterocycles. The van der Waals surface area contributed by atoms with Crippen LogP contribution in [0.3, 0.4) is 0 Å². The molecule has 0 saturated carbocycles. The summed E-state index contributed by atoms with van der Waals surface area (Å²) >= 11 is 6.05. The fourth-order valence-corrected chi connectivity index (χ4v) is 3.10. The van der Waals surface area contributed by atoms with E-state index in [1.165, 1.54) is 11.1 Å². The number of hydrazine groups is 1. The maximum atomic E-state index is 6.05. The fraction of sp³-hybridized carbons (Fsp3) is 0.294. The van der Waals surface area contributed by atoms with Gasteiger partial charge < -0.3 is 4.74 Å². The molecule has 1 heterocycles. The van der Waals surface area contributed by atoms with E-state index in [9.17, 15) is 0 Å². The summed E-state index contributed by atoms with van der Waals surface area (Å²) in [5, 5.41) is 0.758. The van der Waals surface area contributed by atoms with Gasteiger partial charge in [0.05, 0.1) is 6.61 Å². The standard InChI is InChI=1S/C17H19ClN2O/c18-15-6-3-4-12(8-15)9-16(20-19)14-10-13-5-1-2-7-17(13)21-11-14/h1-8,14,16,20H,9-11,19H2. The van der Waals surface area contributed by atoms with Crippen molar-refractivity contribution in [2.45, 2.75) is 18.9 Å². The van der Waals surface area contributed by atoms with Crippen molar-refractivity contribution < 1.29 is 4.74 Å². The quantitative estimate of drug-likeness (QED) is 0.674. The first kappa shape index (κ1) is 14.4. The second-order valence-electron chi connectivity index (χ2n) is 5.49. The molecule has 3 N–H and O–H groups in total. The van der Waals surface area contributed by atoms with Crippen molar-refractivity contribution in [2.24, 2.45) is 11.8 Å². The number of ether oxygens (including phenoxy) is 1. The zero-order chi connectivity index (χ0) is 14.7. The highest BCUT2D eigenvalue weighted by Crippen LogP contribution is 2.29. The van der Waals surface area contributed by atoms with Gasteiger partial charge in [-0.1, -0.05) is 41.9 Å². The minimum absolute atomic E-state index is 0.164. The Hall–Kier alpha value is -1.55. The van der Waals surface area contributed by atoms with E-state index in [4.69, 9.17) is 22.2 Å². The molecule has 0 amide bonds. The van der Waals surface area contributed by atoms with Gasteiger partial charge in [-0.25, -0.2) is 0 Å². The van der Waals surface area contributed by atoms with Gasteiger partial charge in [-0.2, -0.15) is 0 Å². The summed E-state index contributed by atoms with van der Waals surface area (Å²) in [6.07, 6.45) is 1.82. The zero-order valence-corrected chi connectivity index (χ0v) is 12.5. The SMILES string of the molecule is NNC(Cc1cccc(Cl)c1)C1COc2ccccc2C1. The molecule has 21 heavy (non-hydrogen) atoms. The lowest BCUT2D eigenvalue weighted by atomic mass is 9.87. The molecule has 2 atom stereocenters. The van der Waals surface area contributed by atoms with Crippen molar-refractivity contribution >= 4 is 11.6 Å². The van der Waals surface area contributed by atoms with E-state index in [1.807, 2.05) is 36.4 Å². The molecule has 3 nitrogen and oxygen atoms in total. The second kappa shape index (κ2) is 6.48. The van der Waals surface area contributed by atoms with Crippen molar-refractivity contribution in [3.8, 4) is 5.75 Å². The van der Waals surface area contributed by atoms with Crippen molar-refractivity contribution in [3.63, 3.8) is 0 Å². The van der Waals surface area contributed by atoms with Crippen LogP contribution in [0.25, 0.3) is 0 Å². The van der Waals surface area contributed by atoms with Crippen LogP contribution < -0.4 is 16.0 Å². The van der Waals surface area contributed by atoms with Crippen LogP contribution >= 0.6 is 11.6 Å². The van der Waals surface area contributed by atoms with Crippen LogP contribution in [0, 0.1) is 5.92 Å². The maximum Gasteiger partial charge on any atom is 0.122 e. The van der Waals surface area contributed by atoms with Gasteiger partial charge in [0.25, 0.3) is 0 Å². The van der Waals surface area contributed by atoms with Crippen LogP contribution in [-0.4, -0.2) is 12.6 Å². The Morgan fingerprint density at radius 3 is 2.90 bits per heavy atom. The van der Waals surface area contributed by atoms with E-state index < -0.39 is 0 Å². The molecule has 110 valence electrons. The number of nitrogens with one attached hydrogen (secondary N) is 1. The van der Waals surface area contributed by atoms with Crippen LogP contribution in [0.5, 0.6) is 5.75 Å². The van der Waals surface area contributed by atoms with Crippen LogP contribution in [0.15, 0.2) is 48.5 Å². The Balaban J connectivity index is 1.73. The van der Waals surface area contributed by atoms with Gasteiger partial charge in [-0.05, 0) is 42.2 Å². The summed E-state index contributed by atoms with van der Waals surface area (Å²) in [7, 11) is 0. The van der Waals surface area contributed by atoms with Crippen LogP contribution in [0.4, 0.5) is 0 Å². The average molecular weight is 303 g/mol. The molecule has 0 fully saturated rings. The summed E-state index contributed by atoms with van der Waals surface area (Å²) < 4.78 is 5.86. The summed E-state index contributed by atoms with van der Waals surface area (Å²) in [5.74, 6) is 7.11. The highest BCUT2D eigenvalue weighted by atomic mass is 35.5. The third kappa shape index (κ3) is 3.38. The van der Waals surface area contributed by atoms with Crippen molar-refractivity contribution in [3.05, 3.63) is 64.7 Å². The van der Waals surface area contributed by atoms with Crippen molar-refractivity contribution in [2.75, 3.05) is 6.61 Å². The molecule has 2 aromatic rings. The van der Waals surface area contributed by atoms with Gasteiger partial charge >= 0.3 is 0 Å². The highest BCUT2D eigenvalue weighted by Gasteiger charge is 2.26. The summed E-state index contributed by atoms with van der Waals surface area (Å²) in [4.78, 5) is 0. The molecular formula is C17H19ClN2O. The Morgan fingerprint density at radius 2 is 2.10 bits per heavy atom. The lowest BCUT2D eigenvalue weighted by Gasteiger charge is -2.31. The number of hydrogen-bond donors (Lipinski definition) is 2. The first-order valence-corrected chi connectivity index (χ1v) is 7.55. The van der Waals surface area contributed by atoms with Gasteiger partial charge in [-0.15, -0.1) is 0 Å². The number of rotatable bonds is 4. The van der Waals surface area contributed by atoms with Crippen molar-refractivity contribution in [1.82, 2.24) is 5.43 Å². The Bertz CT molecular complexity index is 617. The zero-order valence-electron chi connectivity index (χ0n) is 11.8. The van der Waals surface area contributed by atoms with Crippen LogP contribution in [0.2, 0.25) is 5.02 Å². The molecule has 3 rings (SSSR count). The van der Waals surface area contributed by atoms with E-state index in [-0.39, 0.29) is 6.04 Å². The van der Waals surface area contributed by atoms with Gasteiger partial charge in [0, 0.05) is 17.0 Å². The number of para-hydroxylation sites is 1. The molecule has 0 bridgehead atoms. The van der Waals surface area contributed by atoms with E-state index in [2.05, 4.69) is 17.6 Å². The molecule has 2 aromatic carbocycles. The number of benzene rings is 2. The predicted octanol–water partition coefficient (Wildman–Crippen LogP) is 2.97. The van der Waals surface area contributed by atoms with Crippen molar-refractivity contribution in [1.29, 1.82) is 0 Å². The fourth-order valence-electron chi connectivity index (χ4n) is 2.89. The number of fused-ring (bicyclic) bond motifs is 1. The monoisotopic (exact) mass is 302 g/mol. The third-order valence-electron chi connectivity index (χ3n) is 4.04. The molecule has 0 aromatic heterocycles. The van der Waals surface area contributed by atoms with E-state index in [0.29, 0.717) is 12.5 Å². The summed E-state index contributed by atoms with van der Waals surface area (Å²) in [5.41, 5.74) is 5.38. The first-order valence-electron chi connectivity index (χ1n) is 7.17. The third-order valence-corrected chi connectivity index (χ3v) is 4.27. The summed E-state index contributed by atoms with van der Waals surface area (Å²) in [6.45, 7) is 0.687. The first-order chi connectivity index (χ1) is 10.3. The number of hydrogen-bond acceptors (Lipinski definition) is 3. The summed E-state index contributed by atoms with van der Waals surface area (Å²) in [6, 6.07) is 16.3. The number of nitrogens with two attached hydrogens (primary N) is 1. The average Bonchev–Trinajstić information content (AvgIpc) is 2.52. The predicted molar refractivity (Wildman–Crippen MR) is 85.4 cm³/mol. The molecule has 0 spiro atoms. The smallest absolute Gasteiger partial charge is 0.122 e. The van der Waals surface area contributed by atoms with Gasteiger partial charge in [0.2, 0.25) is 0 Å². The normalized spacial score (nSPS) is 18.7. The molecule has 2 unspecified atom stereocenters. The van der Waals surface area contributed by atoms with E-state index in [1.54, 1.807) is 0 Å². The van der Waals surface area contributed by atoms with Gasteiger partial charge in [-0.3, -0.25) is 11.3 Å². The molecule has 1 aliphatic heterocycles. The highest BCUT2D eigenvalue weighted by molar-refractivity contribution is 6.30. The van der Waals surface area contributed by atoms with Gasteiger partial charge in [0.15, 0.2) is 0 Å². The van der Waals surface area contributed by atoms with Gasteiger partial charge in [0.1, 0.15) is 5.75 Å². The molecule has 1 aliphatic rings. The second-order valence-corrected chi connectivity index (χ2v) is 5.93. The lowest BCUT2D eigenvalue weighted by molar-refractivity contribution is 0.183. The molecule has 4 heteroatoms. The van der Waals surface area contributed by atoms with Crippen LogP contribution in [0.1, 0.15) is 11.1 Å². The lowest BCUT2D eigenvalue weighted by Crippen LogP contribution is -2.46. The molecule has 0 radical (unpaired) electrons. The minimum Gasteiger partial charge on any atom is -0.493 e. The molecule has 0 aliphatic carbocycles. The topological polar surface area (TPSA) is 47.3 Å².